The van der Waals surface area contributed by atoms with E-state index < -0.39 is 11.4 Å². The van der Waals surface area contributed by atoms with E-state index in [4.69, 9.17) is 0 Å². The van der Waals surface area contributed by atoms with Crippen molar-refractivity contribution in [1.29, 1.82) is 0 Å². The minimum absolute atomic E-state index is 0.490. The van der Waals surface area contributed by atoms with E-state index in [0.717, 1.165) is 51.7 Å². The summed E-state index contributed by atoms with van der Waals surface area (Å²) in [5.41, 5.74) is -0.490. The lowest BCUT2D eigenvalue weighted by molar-refractivity contribution is -0.153. The van der Waals surface area contributed by atoms with Gasteiger partial charge in [0.15, 0.2) is 0 Å². The summed E-state index contributed by atoms with van der Waals surface area (Å²) >= 11 is 0. The average molecular weight is 269 g/mol. The molecular weight excluding hydrogens is 238 g/mol. The van der Waals surface area contributed by atoms with Gasteiger partial charge in [-0.15, -0.1) is 0 Å². The summed E-state index contributed by atoms with van der Waals surface area (Å²) in [6.45, 7) is 11.5. The first-order valence-corrected chi connectivity index (χ1v) is 7.89. The summed E-state index contributed by atoms with van der Waals surface area (Å²) in [7, 11) is 0. The predicted molar refractivity (Wildman–Crippen MR) is 79.3 cm³/mol. The number of carboxylic acids is 1. The number of nitrogens with zero attached hydrogens (tertiary/aromatic N) is 1. The van der Waals surface area contributed by atoms with Gasteiger partial charge >= 0.3 is 5.97 Å². The van der Waals surface area contributed by atoms with Crippen LogP contribution in [-0.2, 0) is 4.79 Å². The minimum Gasteiger partial charge on any atom is -0.481 e. The van der Waals surface area contributed by atoms with Gasteiger partial charge in [0.25, 0.3) is 0 Å². The fraction of sp³-hybridized carbons (Fsp3) is 0.938. The number of hydrogen-bond acceptors (Lipinski definition) is 2. The van der Waals surface area contributed by atoms with E-state index >= 15 is 0 Å². The van der Waals surface area contributed by atoms with Crippen LogP contribution >= 0.6 is 0 Å². The largest absolute Gasteiger partial charge is 0.481 e. The monoisotopic (exact) mass is 269 g/mol. The van der Waals surface area contributed by atoms with Gasteiger partial charge in [0, 0.05) is 13.1 Å². The molecule has 1 saturated carbocycles. The van der Waals surface area contributed by atoms with E-state index in [-0.39, 0.29) is 0 Å². The number of hydrogen-bond donors (Lipinski definition) is 1. The van der Waals surface area contributed by atoms with Crippen LogP contribution in [0.2, 0.25) is 0 Å². The van der Waals surface area contributed by atoms with Crippen LogP contribution in [0.5, 0.6) is 0 Å². The van der Waals surface area contributed by atoms with Gasteiger partial charge in [0.05, 0.1) is 5.41 Å². The Labute approximate surface area is 118 Å². The van der Waals surface area contributed by atoms with E-state index in [9.17, 15) is 9.90 Å². The molecule has 1 aliphatic carbocycles. The first-order chi connectivity index (χ1) is 8.93. The zero-order chi connectivity index (χ0) is 14.5. The molecule has 0 saturated heterocycles. The standard InChI is InChI=1S/C16H31NO2/c1-5-13(3)11-17(6-2)12-16(15(18)19)9-7-14(4)8-10-16/h13-14H,5-12H2,1-4H3,(H,18,19). The molecule has 0 radical (unpaired) electrons. The summed E-state index contributed by atoms with van der Waals surface area (Å²) in [6.07, 6.45) is 4.98. The molecule has 0 aromatic rings. The summed E-state index contributed by atoms with van der Waals surface area (Å²) in [5.74, 6) is 0.757. The molecule has 112 valence electrons. The van der Waals surface area contributed by atoms with Crippen LogP contribution in [0.3, 0.4) is 0 Å². The third-order valence-electron chi connectivity index (χ3n) is 4.93. The molecule has 19 heavy (non-hydrogen) atoms. The highest BCUT2D eigenvalue weighted by Gasteiger charge is 2.42. The van der Waals surface area contributed by atoms with Gasteiger partial charge in [0.1, 0.15) is 0 Å². The molecule has 1 rings (SSSR count). The summed E-state index contributed by atoms with van der Waals surface area (Å²) in [6, 6.07) is 0. The molecule has 0 spiro atoms. The predicted octanol–water partition coefficient (Wildman–Crippen LogP) is 3.64. The molecule has 1 aliphatic rings. The molecule has 3 heteroatoms. The van der Waals surface area contributed by atoms with Crippen molar-refractivity contribution in [2.45, 2.75) is 59.8 Å². The first kappa shape index (κ1) is 16.5. The molecule has 3 nitrogen and oxygen atoms in total. The Kier molecular flexibility index (Phi) is 6.31. The quantitative estimate of drug-likeness (QED) is 0.767. The van der Waals surface area contributed by atoms with Gasteiger partial charge in [-0.3, -0.25) is 4.79 Å². The highest BCUT2D eigenvalue weighted by molar-refractivity contribution is 5.75. The Balaban J connectivity index is 2.69. The van der Waals surface area contributed by atoms with Crippen molar-refractivity contribution in [3.05, 3.63) is 0 Å². The molecule has 1 atom stereocenters. The topological polar surface area (TPSA) is 40.5 Å². The lowest BCUT2D eigenvalue weighted by atomic mass is 9.70. The Bertz CT molecular complexity index is 282. The van der Waals surface area contributed by atoms with Crippen molar-refractivity contribution < 1.29 is 9.90 Å². The van der Waals surface area contributed by atoms with E-state index in [0.29, 0.717) is 11.8 Å². The smallest absolute Gasteiger partial charge is 0.310 e. The second-order valence-electron chi connectivity index (χ2n) is 6.61. The second kappa shape index (κ2) is 7.28. The highest BCUT2D eigenvalue weighted by atomic mass is 16.4. The SMILES string of the molecule is CCC(C)CN(CC)CC1(C(=O)O)CCC(C)CC1. The van der Waals surface area contributed by atoms with Crippen molar-refractivity contribution >= 4 is 5.97 Å². The van der Waals surface area contributed by atoms with Crippen LogP contribution in [-0.4, -0.2) is 35.6 Å². The van der Waals surface area contributed by atoms with Crippen LogP contribution in [0, 0.1) is 17.3 Å². The van der Waals surface area contributed by atoms with Gasteiger partial charge in [-0.2, -0.15) is 0 Å². The summed E-state index contributed by atoms with van der Waals surface area (Å²) in [4.78, 5) is 14.1. The van der Waals surface area contributed by atoms with Gasteiger partial charge in [-0.1, -0.05) is 34.1 Å². The van der Waals surface area contributed by atoms with Crippen LogP contribution in [0.15, 0.2) is 0 Å². The lowest BCUT2D eigenvalue weighted by Crippen LogP contribution is -2.46. The van der Waals surface area contributed by atoms with E-state index in [1.54, 1.807) is 0 Å². The van der Waals surface area contributed by atoms with Crippen LogP contribution in [0.25, 0.3) is 0 Å². The van der Waals surface area contributed by atoms with Crippen molar-refractivity contribution in [3.63, 3.8) is 0 Å². The zero-order valence-electron chi connectivity index (χ0n) is 13.1. The minimum atomic E-state index is -0.581. The Morgan fingerprint density at radius 3 is 2.37 bits per heavy atom. The van der Waals surface area contributed by atoms with Crippen LogP contribution in [0.1, 0.15) is 59.8 Å². The molecule has 1 N–H and O–H groups in total. The first-order valence-electron chi connectivity index (χ1n) is 7.89. The second-order valence-corrected chi connectivity index (χ2v) is 6.61. The van der Waals surface area contributed by atoms with E-state index in [1.807, 2.05) is 0 Å². The zero-order valence-corrected chi connectivity index (χ0v) is 13.1. The Morgan fingerprint density at radius 2 is 1.95 bits per heavy atom. The van der Waals surface area contributed by atoms with Gasteiger partial charge < -0.3 is 10.0 Å². The third kappa shape index (κ3) is 4.48. The van der Waals surface area contributed by atoms with E-state index in [2.05, 4.69) is 32.6 Å². The fourth-order valence-corrected chi connectivity index (χ4v) is 3.06. The van der Waals surface area contributed by atoms with Crippen LogP contribution in [0.4, 0.5) is 0 Å². The Morgan fingerprint density at radius 1 is 1.37 bits per heavy atom. The maximum atomic E-state index is 11.8. The molecule has 0 aromatic heterocycles. The van der Waals surface area contributed by atoms with Crippen molar-refractivity contribution in [2.24, 2.45) is 17.3 Å². The fourth-order valence-electron chi connectivity index (χ4n) is 3.06. The summed E-state index contributed by atoms with van der Waals surface area (Å²) in [5, 5.41) is 9.68. The van der Waals surface area contributed by atoms with Crippen molar-refractivity contribution in [3.8, 4) is 0 Å². The number of carboxylic acid groups (broad SMARTS) is 1. The molecule has 0 amide bonds. The molecule has 0 aliphatic heterocycles. The molecular formula is C16H31NO2. The third-order valence-corrected chi connectivity index (χ3v) is 4.93. The Hall–Kier alpha value is -0.570. The normalized spacial score (nSPS) is 29.4. The summed E-state index contributed by atoms with van der Waals surface area (Å²) < 4.78 is 0. The van der Waals surface area contributed by atoms with Crippen molar-refractivity contribution in [1.82, 2.24) is 4.90 Å². The molecule has 0 aromatic carbocycles. The molecule has 1 unspecified atom stereocenters. The lowest BCUT2D eigenvalue weighted by Gasteiger charge is -2.40. The highest BCUT2D eigenvalue weighted by Crippen LogP contribution is 2.40. The average Bonchev–Trinajstić information content (AvgIpc) is 2.40. The maximum absolute atomic E-state index is 11.8. The molecule has 0 heterocycles. The molecule has 0 bridgehead atoms. The molecule has 1 fully saturated rings. The van der Waals surface area contributed by atoms with Gasteiger partial charge in [-0.05, 0) is 44.1 Å². The van der Waals surface area contributed by atoms with E-state index in [1.165, 1.54) is 0 Å². The number of carbonyl (C=O) groups is 1. The maximum Gasteiger partial charge on any atom is 0.310 e. The van der Waals surface area contributed by atoms with Gasteiger partial charge in [0.2, 0.25) is 0 Å². The van der Waals surface area contributed by atoms with Crippen molar-refractivity contribution in [2.75, 3.05) is 19.6 Å². The van der Waals surface area contributed by atoms with Crippen LogP contribution < -0.4 is 0 Å². The number of aliphatic carboxylic acids is 1. The van der Waals surface area contributed by atoms with Gasteiger partial charge in [-0.25, -0.2) is 0 Å². The number of rotatable bonds is 7.